The van der Waals surface area contributed by atoms with Crippen molar-refractivity contribution >= 4 is 11.3 Å². The number of hydrogen-bond donors (Lipinski definition) is 0. The quantitative estimate of drug-likeness (QED) is 0.291. The highest BCUT2D eigenvalue weighted by Crippen LogP contribution is 2.29. The third-order valence-corrected chi connectivity index (χ3v) is 5.43. The van der Waals surface area contributed by atoms with E-state index in [2.05, 4.69) is 67.4 Å². The maximum absolute atomic E-state index is 5.78. The third kappa shape index (κ3) is 5.54. The lowest BCUT2D eigenvalue weighted by Crippen LogP contribution is -1.95. The molecule has 0 radical (unpaired) electrons. The van der Waals surface area contributed by atoms with Gasteiger partial charge in [0.2, 0.25) is 0 Å². The molecule has 1 aromatic heterocycles. The highest BCUT2D eigenvalue weighted by atomic mass is 32.1. The molecular formula is C24H27NOS. The van der Waals surface area contributed by atoms with Gasteiger partial charge in [-0.1, -0.05) is 68.8 Å². The van der Waals surface area contributed by atoms with E-state index in [-0.39, 0.29) is 0 Å². The summed E-state index contributed by atoms with van der Waals surface area (Å²) in [6, 6.07) is 17.0. The molecule has 0 saturated carbocycles. The lowest BCUT2D eigenvalue weighted by molar-refractivity contribution is 0.325. The molecule has 0 bridgehead atoms. The van der Waals surface area contributed by atoms with Crippen molar-refractivity contribution in [1.82, 2.24) is 4.98 Å². The minimum Gasteiger partial charge on any atom is -0.493 e. The number of benzene rings is 2. The van der Waals surface area contributed by atoms with Crippen LogP contribution >= 0.6 is 11.3 Å². The van der Waals surface area contributed by atoms with E-state index in [4.69, 9.17) is 4.74 Å². The van der Waals surface area contributed by atoms with E-state index in [0.717, 1.165) is 43.0 Å². The summed E-state index contributed by atoms with van der Waals surface area (Å²) < 4.78 is 5.78. The van der Waals surface area contributed by atoms with Crippen LogP contribution in [0.15, 0.2) is 66.9 Å². The lowest BCUT2D eigenvalue weighted by Gasteiger charge is -2.07. The molecule has 0 saturated heterocycles. The van der Waals surface area contributed by atoms with Crippen molar-refractivity contribution in [2.24, 2.45) is 0 Å². The van der Waals surface area contributed by atoms with Gasteiger partial charge in [-0.3, -0.25) is 0 Å². The molecule has 1 heterocycles. The molecule has 140 valence electrons. The molecule has 0 fully saturated rings. The predicted molar refractivity (Wildman–Crippen MR) is 117 cm³/mol. The van der Waals surface area contributed by atoms with Crippen molar-refractivity contribution < 1.29 is 4.74 Å². The highest BCUT2D eigenvalue weighted by Gasteiger charge is 2.05. The number of ether oxygens (including phenoxy) is 1. The molecule has 0 N–H and O–H groups in total. The normalized spacial score (nSPS) is 11.2. The summed E-state index contributed by atoms with van der Waals surface area (Å²) in [7, 11) is 0. The second-order valence-electron chi connectivity index (χ2n) is 6.50. The van der Waals surface area contributed by atoms with Crippen LogP contribution in [0.1, 0.15) is 38.0 Å². The number of hydrogen-bond acceptors (Lipinski definition) is 3. The smallest absolute Gasteiger partial charge is 0.123 e. The standard InChI is InChI=1S/C24H27NOS/c1-3-5-6-7-17-26-22-15-13-20(14-16-22)19-9-11-21(12-10-19)24-25-18-23(27-24)8-4-2/h5-6,9-16,18H,3-4,7-8,17H2,1-2H3. The van der Waals surface area contributed by atoms with E-state index in [9.17, 15) is 0 Å². The van der Waals surface area contributed by atoms with Crippen LogP contribution in [0.3, 0.4) is 0 Å². The Bertz CT molecular complexity index is 847. The summed E-state index contributed by atoms with van der Waals surface area (Å²) in [6.07, 6.45) is 10.7. The van der Waals surface area contributed by atoms with Crippen LogP contribution in [-0.2, 0) is 6.42 Å². The Morgan fingerprint density at radius 2 is 1.56 bits per heavy atom. The largest absolute Gasteiger partial charge is 0.493 e. The van der Waals surface area contributed by atoms with Gasteiger partial charge in [-0.25, -0.2) is 4.98 Å². The Hall–Kier alpha value is -2.39. The first-order valence-electron chi connectivity index (χ1n) is 9.73. The van der Waals surface area contributed by atoms with Gasteiger partial charge in [0.15, 0.2) is 0 Å². The molecular weight excluding hydrogens is 350 g/mol. The molecule has 0 spiro atoms. The molecule has 0 aliphatic heterocycles. The van der Waals surface area contributed by atoms with E-state index in [1.165, 1.54) is 21.6 Å². The fourth-order valence-corrected chi connectivity index (χ4v) is 3.90. The molecule has 3 aromatic rings. The summed E-state index contributed by atoms with van der Waals surface area (Å²) in [4.78, 5) is 5.92. The van der Waals surface area contributed by atoms with Crippen molar-refractivity contribution in [3.8, 4) is 27.4 Å². The van der Waals surface area contributed by atoms with E-state index in [1.807, 2.05) is 18.3 Å². The fourth-order valence-electron chi connectivity index (χ4n) is 2.88. The van der Waals surface area contributed by atoms with Crippen LogP contribution in [0.2, 0.25) is 0 Å². The van der Waals surface area contributed by atoms with Crippen LogP contribution in [0.4, 0.5) is 0 Å². The Morgan fingerprint density at radius 1 is 0.889 bits per heavy atom. The van der Waals surface area contributed by atoms with E-state index in [0.29, 0.717) is 0 Å². The van der Waals surface area contributed by atoms with E-state index in [1.54, 1.807) is 11.3 Å². The molecule has 27 heavy (non-hydrogen) atoms. The maximum atomic E-state index is 5.78. The Balaban J connectivity index is 1.61. The third-order valence-electron chi connectivity index (χ3n) is 4.33. The first kappa shape index (κ1) is 19.4. The van der Waals surface area contributed by atoms with E-state index >= 15 is 0 Å². The summed E-state index contributed by atoms with van der Waals surface area (Å²) >= 11 is 1.79. The van der Waals surface area contributed by atoms with Crippen molar-refractivity contribution in [1.29, 1.82) is 0 Å². The van der Waals surface area contributed by atoms with Crippen molar-refractivity contribution in [3.05, 3.63) is 71.8 Å². The Kier molecular flexibility index (Phi) is 7.23. The summed E-state index contributed by atoms with van der Waals surface area (Å²) in [5.41, 5.74) is 3.60. The van der Waals surface area contributed by atoms with Gasteiger partial charge in [-0.2, -0.15) is 0 Å². The van der Waals surface area contributed by atoms with Gasteiger partial charge < -0.3 is 4.74 Å². The van der Waals surface area contributed by atoms with Crippen LogP contribution in [0.25, 0.3) is 21.7 Å². The molecule has 0 aliphatic carbocycles. The molecule has 2 aromatic carbocycles. The van der Waals surface area contributed by atoms with Crippen molar-refractivity contribution in [3.63, 3.8) is 0 Å². The zero-order valence-corrected chi connectivity index (χ0v) is 17.0. The first-order chi connectivity index (χ1) is 13.3. The summed E-state index contributed by atoms with van der Waals surface area (Å²) in [5, 5.41) is 1.10. The molecule has 0 amide bonds. The monoisotopic (exact) mass is 377 g/mol. The summed E-state index contributed by atoms with van der Waals surface area (Å²) in [5.74, 6) is 0.923. The number of thiazole rings is 1. The number of nitrogens with zero attached hydrogens (tertiary/aromatic N) is 1. The molecule has 0 aliphatic rings. The number of aromatic nitrogens is 1. The Morgan fingerprint density at radius 3 is 2.22 bits per heavy atom. The molecule has 3 heteroatoms. The van der Waals surface area contributed by atoms with Crippen LogP contribution in [0.5, 0.6) is 5.75 Å². The van der Waals surface area contributed by atoms with Crippen LogP contribution in [-0.4, -0.2) is 11.6 Å². The SMILES string of the molecule is CCC=CCCOc1ccc(-c2ccc(-c3ncc(CCC)s3)cc2)cc1. The Labute approximate surface area is 166 Å². The van der Waals surface area contributed by atoms with E-state index < -0.39 is 0 Å². The first-order valence-corrected chi connectivity index (χ1v) is 10.5. The van der Waals surface area contributed by atoms with Gasteiger partial charge in [-0.05, 0) is 42.5 Å². The topological polar surface area (TPSA) is 22.1 Å². The van der Waals surface area contributed by atoms with Crippen LogP contribution < -0.4 is 4.74 Å². The van der Waals surface area contributed by atoms with Gasteiger partial charge in [0.05, 0.1) is 6.61 Å². The maximum Gasteiger partial charge on any atom is 0.123 e. The average molecular weight is 378 g/mol. The fraction of sp³-hybridized carbons (Fsp3) is 0.292. The molecule has 3 rings (SSSR count). The second kappa shape index (κ2) is 10.1. The molecule has 2 nitrogen and oxygen atoms in total. The highest BCUT2D eigenvalue weighted by molar-refractivity contribution is 7.15. The zero-order chi connectivity index (χ0) is 18.9. The van der Waals surface area contributed by atoms with Gasteiger partial charge in [0.25, 0.3) is 0 Å². The van der Waals surface area contributed by atoms with Gasteiger partial charge in [0.1, 0.15) is 10.8 Å². The van der Waals surface area contributed by atoms with Crippen LogP contribution in [0, 0.1) is 0 Å². The number of aryl methyl sites for hydroxylation is 1. The minimum atomic E-state index is 0.721. The number of rotatable bonds is 9. The average Bonchev–Trinajstić information content (AvgIpc) is 3.17. The molecule has 0 atom stereocenters. The lowest BCUT2D eigenvalue weighted by atomic mass is 10.0. The van der Waals surface area contributed by atoms with Crippen molar-refractivity contribution in [2.45, 2.75) is 39.5 Å². The number of allylic oxidation sites excluding steroid dienone is 1. The zero-order valence-electron chi connectivity index (χ0n) is 16.2. The van der Waals surface area contributed by atoms with Gasteiger partial charge in [0, 0.05) is 16.6 Å². The second-order valence-corrected chi connectivity index (χ2v) is 7.62. The van der Waals surface area contributed by atoms with Gasteiger partial charge >= 0.3 is 0 Å². The summed E-state index contributed by atoms with van der Waals surface area (Å²) in [6.45, 7) is 5.07. The predicted octanol–water partition coefficient (Wildman–Crippen LogP) is 7.16. The van der Waals surface area contributed by atoms with Crippen molar-refractivity contribution in [2.75, 3.05) is 6.61 Å². The minimum absolute atomic E-state index is 0.721. The van der Waals surface area contributed by atoms with Gasteiger partial charge in [-0.15, -0.1) is 11.3 Å². The molecule has 0 unspecified atom stereocenters.